The van der Waals surface area contributed by atoms with Crippen molar-refractivity contribution in [2.75, 3.05) is 13.1 Å². The highest BCUT2D eigenvalue weighted by Crippen LogP contribution is 2.47. The average Bonchev–Trinajstić information content (AvgIpc) is 1.75. The summed E-state index contributed by atoms with van der Waals surface area (Å²) < 4.78 is 0. The van der Waals surface area contributed by atoms with Gasteiger partial charge < -0.3 is 10.6 Å². The first-order valence-electron chi connectivity index (χ1n) is 39.0. The van der Waals surface area contributed by atoms with Crippen molar-refractivity contribution in [3.8, 4) is 11.8 Å². The third-order valence-electron chi connectivity index (χ3n) is 14.1. The molecule has 0 heterocycles. The zero-order valence-corrected chi connectivity index (χ0v) is 69.7. The molecule has 0 aromatic rings. The lowest BCUT2D eigenvalue weighted by atomic mass is 10.0. The molecule has 544 valence electrons. The molecule has 0 aliphatic heterocycles. The van der Waals surface area contributed by atoms with E-state index in [0.29, 0.717) is 29.8 Å². The van der Waals surface area contributed by atoms with E-state index in [1.54, 1.807) is 0 Å². The molecule has 2 heteroatoms. The number of nitrogens with one attached hydrogen (secondary N) is 2. The lowest BCUT2D eigenvalue weighted by molar-refractivity contribution is 0.464. The number of rotatable bonds is 33. The molecule has 2 saturated carbocycles. The summed E-state index contributed by atoms with van der Waals surface area (Å²) in [6, 6.07) is 1.24. The van der Waals surface area contributed by atoms with Gasteiger partial charge in [0.1, 0.15) is 0 Å². The van der Waals surface area contributed by atoms with Crippen molar-refractivity contribution in [1.82, 2.24) is 10.6 Å². The van der Waals surface area contributed by atoms with E-state index in [0.717, 1.165) is 126 Å². The van der Waals surface area contributed by atoms with E-state index < -0.39 is 0 Å². The third-order valence-corrected chi connectivity index (χ3v) is 14.1. The van der Waals surface area contributed by atoms with Crippen molar-refractivity contribution in [3.63, 3.8) is 0 Å². The summed E-state index contributed by atoms with van der Waals surface area (Å²) in [6.45, 7) is 82.9. The predicted octanol–water partition coefficient (Wildman–Crippen LogP) is 29.0. The first-order chi connectivity index (χ1) is 42.1. The summed E-state index contributed by atoms with van der Waals surface area (Å²) in [4.78, 5) is 0. The van der Waals surface area contributed by atoms with Crippen LogP contribution in [0.5, 0.6) is 0 Å². The second-order valence-corrected chi connectivity index (χ2v) is 34.6. The van der Waals surface area contributed by atoms with Crippen LogP contribution in [0.3, 0.4) is 0 Å². The van der Waals surface area contributed by atoms with Gasteiger partial charge in [-0.25, -0.2) is 0 Å². The minimum absolute atomic E-state index is 0.594. The number of hydrogen-bond donors (Lipinski definition) is 2. The smallest absolute Gasteiger partial charge is 0.0137 e. The second-order valence-electron chi connectivity index (χ2n) is 34.6. The fourth-order valence-electron chi connectivity index (χ4n) is 8.96. The largest absolute Gasteiger partial charge is 0.315 e. The van der Waals surface area contributed by atoms with Crippen molar-refractivity contribution >= 4 is 0 Å². The second kappa shape index (κ2) is 70.8. The Bertz CT molecular complexity index is 1550. The van der Waals surface area contributed by atoms with Crippen molar-refractivity contribution in [1.29, 1.82) is 0 Å². The molecule has 2 N–H and O–H groups in total. The topological polar surface area (TPSA) is 24.1 Å². The Morgan fingerprint density at radius 2 is 0.604 bits per heavy atom. The molecule has 91 heavy (non-hydrogen) atoms. The lowest BCUT2D eigenvalue weighted by Gasteiger charge is -2.08. The van der Waals surface area contributed by atoms with Gasteiger partial charge in [0.25, 0.3) is 0 Å². The molecule has 4 atom stereocenters. The van der Waals surface area contributed by atoms with Crippen LogP contribution in [0.2, 0.25) is 0 Å². The third kappa shape index (κ3) is 119. The highest BCUT2D eigenvalue weighted by molar-refractivity contribution is 4.99. The van der Waals surface area contributed by atoms with Gasteiger partial charge in [-0.3, -0.25) is 0 Å². The van der Waals surface area contributed by atoms with E-state index in [4.69, 9.17) is 0 Å². The van der Waals surface area contributed by atoms with Gasteiger partial charge >= 0.3 is 0 Å². The molecule has 0 aromatic carbocycles. The Morgan fingerprint density at radius 3 is 0.846 bits per heavy atom. The predicted molar refractivity (Wildman–Crippen MR) is 429 cm³/mol. The summed E-state index contributed by atoms with van der Waals surface area (Å²) >= 11 is 0. The van der Waals surface area contributed by atoms with Gasteiger partial charge in [0.2, 0.25) is 0 Å². The Morgan fingerprint density at radius 1 is 0.308 bits per heavy atom. The van der Waals surface area contributed by atoms with Crippen LogP contribution in [-0.4, -0.2) is 25.2 Å². The van der Waals surface area contributed by atoms with Gasteiger partial charge in [0, 0.05) is 31.5 Å². The van der Waals surface area contributed by atoms with Gasteiger partial charge in [-0.15, -0.1) is 17.6 Å². The maximum Gasteiger partial charge on any atom is 0.0137 e. The van der Waals surface area contributed by atoms with Gasteiger partial charge in [-0.1, -0.05) is 298 Å². The molecule has 0 spiro atoms. The average molecular weight is 1280 g/mol. The maximum absolute atomic E-state index is 3.40. The quantitative estimate of drug-likeness (QED) is 0.0296. The molecular weight excluding hydrogens is 1100 g/mol. The van der Waals surface area contributed by atoms with Crippen LogP contribution in [0, 0.1) is 130 Å². The first kappa shape index (κ1) is 102. The van der Waals surface area contributed by atoms with E-state index >= 15 is 0 Å². The summed E-state index contributed by atoms with van der Waals surface area (Å²) in [5.74, 6) is 23.5. The first-order valence-corrected chi connectivity index (χ1v) is 39.0. The van der Waals surface area contributed by atoms with E-state index in [2.05, 4.69) is 338 Å². The highest BCUT2D eigenvalue weighted by atomic mass is 14.9. The van der Waals surface area contributed by atoms with E-state index in [1.165, 1.54) is 90.0 Å². The molecule has 2 nitrogen and oxygen atoms in total. The molecule has 4 unspecified atom stereocenters. The van der Waals surface area contributed by atoms with Crippen molar-refractivity contribution in [2.45, 2.75) is 364 Å². The van der Waals surface area contributed by atoms with Gasteiger partial charge in [0.05, 0.1) is 0 Å². The molecule has 0 bridgehead atoms. The van der Waals surface area contributed by atoms with Crippen LogP contribution in [0.15, 0.2) is 66.5 Å². The molecule has 0 saturated heterocycles. The molecule has 0 radical (unpaired) electrons. The maximum atomic E-state index is 3.40. The summed E-state index contributed by atoms with van der Waals surface area (Å²) in [5, 5.41) is 6.71. The molecular formula is C89H178N2. The Labute approximate surface area is 581 Å². The molecule has 0 aromatic heterocycles. The van der Waals surface area contributed by atoms with Gasteiger partial charge in [-0.2, -0.15) is 0 Å². The highest BCUT2D eigenvalue weighted by Gasteiger charge is 2.37. The van der Waals surface area contributed by atoms with Crippen molar-refractivity contribution in [3.05, 3.63) is 66.5 Å². The monoisotopic (exact) mass is 1280 g/mol. The van der Waals surface area contributed by atoms with Crippen molar-refractivity contribution in [2.24, 2.45) is 118 Å². The Balaban J connectivity index is -0.000000175. The van der Waals surface area contributed by atoms with Gasteiger partial charge in [-0.05, 0) is 227 Å². The summed E-state index contributed by atoms with van der Waals surface area (Å²) in [7, 11) is 0. The zero-order chi connectivity index (χ0) is 72.0. The van der Waals surface area contributed by atoms with Crippen LogP contribution in [0.1, 0.15) is 352 Å². The number of allylic oxidation sites excluding steroid dienone is 8. The summed E-state index contributed by atoms with van der Waals surface area (Å²) in [6.07, 6.45) is 43.3. The zero-order valence-electron chi connectivity index (χ0n) is 69.7. The van der Waals surface area contributed by atoms with E-state index in [1.807, 2.05) is 0 Å². The summed E-state index contributed by atoms with van der Waals surface area (Å²) in [5.41, 5.74) is 3.17. The molecule has 2 aliphatic carbocycles. The van der Waals surface area contributed by atoms with E-state index in [-0.39, 0.29) is 0 Å². The Hall–Kier alpha value is -2.04. The fourth-order valence-corrected chi connectivity index (χ4v) is 8.96. The number of hydrogen-bond acceptors (Lipinski definition) is 2. The van der Waals surface area contributed by atoms with Crippen molar-refractivity contribution < 1.29 is 0 Å². The lowest BCUT2D eigenvalue weighted by Crippen LogP contribution is -2.23. The molecule has 2 fully saturated rings. The normalized spacial score (nSPS) is 15.9. The van der Waals surface area contributed by atoms with Crippen LogP contribution in [-0.2, 0) is 0 Å². The minimum atomic E-state index is 0.594. The SMILES string of the molecule is CC(C)/C=C/CC(C)C.CC(C)/C=C/CNC(C)C.CC(C)C/C=C/CC(C)C.CC(C)C/C=C\CC(C)C.CC(C)C=C=CCC(C)C.CC(C)CC#CCC(C)C.CC(C)CC1CC1CC(C)C.CC(C)CC1CC1CC(C)C.CC(C)CCCNC(C)C. The van der Waals surface area contributed by atoms with Crippen LogP contribution in [0.4, 0.5) is 0 Å². The molecule has 2 rings (SSSR count). The molecule has 0 amide bonds. The Kier molecular flexibility index (Phi) is 79.7. The standard InChI is InChI=1S/2C11H22.2C10H20.2C10H18.C9H21N.C9H19N.C9H18/c2*1-8(2)5-10-7-11(10)6-9(3)4;4*1-9(2)7-5-6-8-10(3)4;2*1-8(2)6-5-7-10-9(3)4;1-8(2)6-5-7-9(3)4/h2*8-11H,5-7H2,1-4H3;2*5-6,9-10H,7-8H2,1-4H3;9-10H,7-8H2,1-4H3;5,8-10H,7H2,1-4H3;8-10H,5-7H2,1-4H3;5-6,8-10H,7H2,1-4H3;5-6,8-9H,7H2,1-4H3/b;;6-5+;6-5-;;;;2*6-5+. The fraction of sp³-hybridized carbons (Fsp3) is 0.854. The van der Waals surface area contributed by atoms with Crippen LogP contribution in [0.25, 0.3) is 0 Å². The van der Waals surface area contributed by atoms with Crippen LogP contribution >= 0.6 is 0 Å². The van der Waals surface area contributed by atoms with Crippen LogP contribution < -0.4 is 10.6 Å². The molecule has 2 aliphatic rings. The minimum Gasteiger partial charge on any atom is -0.315 e. The van der Waals surface area contributed by atoms with Gasteiger partial charge in [0.15, 0.2) is 0 Å². The van der Waals surface area contributed by atoms with E-state index in [9.17, 15) is 0 Å².